The molecule has 1 nitrogen and oxygen atoms in total. The van der Waals surface area contributed by atoms with Crippen molar-refractivity contribution < 1.29 is 5.11 Å². The molecular formula is C20H26O. The van der Waals surface area contributed by atoms with E-state index in [1.807, 2.05) is 18.2 Å². The van der Waals surface area contributed by atoms with Gasteiger partial charge in [-0.1, -0.05) is 82.3 Å². The first-order valence-corrected chi connectivity index (χ1v) is 7.79. The van der Waals surface area contributed by atoms with Gasteiger partial charge in [-0.2, -0.15) is 0 Å². The van der Waals surface area contributed by atoms with E-state index in [9.17, 15) is 5.11 Å². The first-order valence-electron chi connectivity index (χ1n) is 7.79. The molecule has 0 fully saturated rings. The Hall–Kier alpha value is -1.60. The molecule has 1 N–H and O–H groups in total. The van der Waals surface area contributed by atoms with Crippen LogP contribution in [0, 0.1) is 0 Å². The van der Waals surface area contributed by atoms with Crippen molar-refractivity contribution in [2.24, 2.45) is 0 Å². The first-order chi connectivity index (χ1) is 9.95. The molecular weight excluding hydrogens is 256 g/mol. The summed E-state index contributed by atoms with van der Waals surface area (Å²) >= 11 is 0. The van der Waals surface area contributed by atoms with Gasteiger partial charge in [-0.3, -0.25) is 0 Å². The van der Waals surface area contributed by atoms with Gasteiger partial charge < -0.3 is 5.11 Å². The summed E-state index contributed by atoms with van der Waals surface area (Å²) in [6, 6.07) is 18.6. The Kier molecular flexibility index (Phi) is 4.84. The lowest BCUT2D eigenvalue weighted by atomic mass is 9.81. The molecule has 0 amide bonds. The molecule has 2 aromatic carbocycles. The van der Waals surface area contributed by atoms with Crippen LogP contribution >= 0.6 is 0 Å². The Morgan fingerprint density at radius 1 is 0.905 bits per heavy atom. The Balaban J connectivity index is 2.19. The molecule has 2 unspecified atom stereocenters. The van der Waals surface area contributed by atoms with Gasteiger partial charge in [-0.15, -0.1) is 0 Å². The van der Waals surface area contributed by atoms with Gasteiger partial charge in [0.25, 0.3) is 0 Å². The average Bonchev–Trinajstić information content (AvgIpc) is 2.54. The minimum absolute atomic E-state index is 0.0937. The molecule has 2 rings (SSSR count). The largest absolute Gasteiger partial charge is 0.388 e. The topological polar surface area (TPSA) is 20.2 Å². The number of benzene rings is 2. The maximum atomic E-state index is 10.6. The fraction of sp³-hybridized carbons (Fsp3) is 0.400. The quantitative estimate of drug-likeness (QED) is 0.798. The molecule has 0 heterocycles. The van der Waals surface area contributed by atoms with Crippen molar-refractivity contribution >= 4 is 0 Å². The van der Waals surface area contributed by atoms with Crippen LogP contribution in [-0.2, 0) is 5.41 Å². The lowest BCUT2D eigenvalue weighted by Crippen LogP contribution is -2.15. The van der Waals surface area contributed by atoms with Crippen LogP contribution in [-0.4, -0.2) is 5.11 Å². The van der Waals surface area contributed by atoms with E-state index in [2.05, 4.69) is 64.1 Å². The highest BCUT2D eigenvalue weighted by atomic mass is 16.3. The first kappa shape index (κ1) is 15.8. The predicted molar refractivity (Wildman–Crippen MR) is 89.6 cm³/mol. The third-order valence-electron chi connectivity index (χ3n) is 4.72. The lowest BCUT2D eigenvalue weighted by Gasteiger charge is -2.25. The van der Waals surface area contributed by atoms with Crippen LogP contribution in [0.5, 0.6) is 0 Å². The molecule has 112 valence electrons. The molecule has 1 heteroatoms. The highest BCUT2D eigenvalue weighted by molar-refractivity contribution is 5.31. The van der Waals surface area contributed by atoms with E-state index in [-0.39, 0.29) is 11.3 Å². The van der Waals surface area contributed by atoms with Crippen molar-refractivity contribution in [3.05, 3.63) is 71.3 Å². The maximum Gasteiger partial charge on any atom is 0.0855 e. The smallest absolute Gasteiger partial charge is 0.0855 e. The van der Waals surface area contributed by atoms with Gasteiger partial charge in [-0.25, -0.2) is 0 Å². The van der Waals surface area contributed by atoms with Crippen LogP contribution in [0.15, 0.2) is 54.6 Å². The maximum absolute atomic E-state index is 10.6. The summed E-state index contributed by atoms with van der Waals surface area (Å²) in [7, 11) is 0. The highest BCUT2D eigenvalue weighted by Gasteiger charge is 2.21. The summed E-state index contributed by atoms with van der Waals surface area (Å²) in [5, 5.41) is 10.6. The monoisotopic (exact) mass is 282 g/mol. The van der Waals surface area contributed by atoms with Crippen LogP contribution in [0.4, 0.5) is 0 Å². The second-order valence-corrected chi connectivity index (χ2v) is 6.50. The third-order valence-corrected chi connectivity index (χ3v) is 4.72. The van der Waals surface area contributed by atoms with Crippen LogP contribution in [0.3, 0.4) is 0 Å². The average molecular weight is 282 g/mol. The van der Waals surface area contributed by atoms with E-state index in [1.165, 1.54) is 11.1 Å². The molecule has 2 aromatic rings. The van der Waals surface area contributed by atoms with E-state index >= 15 is 0 Å². The Morgan fingerprint density at radius 3 is 2.00 bits per heavy atom. The zero-order valence-corrected chi connectivity index (χ0v) is 13.5. The summed E-state index contributed by atoms with van der Waals surface area (Å²) < 4.78 is 0. The second kappa shape index (κ2) is 6.44. The molecule has 21 heavy (non-hydrogen) atoms. The normalized spacial score (nSPS) is 14.7. The standard InChI is InChI=1S/C20H26O/c1-5-20(3,4)18-13-11-17(12-14-18)19(21)15(2)16-9-7-6-8-10-16/h6-15,19,21H,5H2,1-4H3. The van der Waals surface area contributed by atoms with E-state index < -0.39 is 6.10 Å². The SMILES string of the molecule is CCC(C)(C)c1ccc(C(O)C(C)c2ccccc2)cc1. The summed E-state index contributed by atoms with van der Waals surface area (Å²) in [6.07, 6.45) is 0.640. The molecule has 0 aromatic heterocycles. The fourth-order valence-electron chi connectivity index (χ4n) is 2.56. The molecule has 0 bridgehead atoms. The van der Waals surface area contributed by atoms with Crippen LogP contribution < -0.4 is 0 Å². The minimum Gasteiger partial charge on any atom is -0.388 e. The molecule has 0 aliphatic heterocycles. The Bertz CT molecular complexity index is 554. The van der Waals surface area contributed by atoms with Crippen LogP contribution in [0.2, 0.25) is 0 Å². The van der Waals surface area contributed by atoms with E-state index in [0.29, 0.717) is 0 Å². The molecule has 0 saturated heterocycles. The Morgan fingerprint density at radius 2 is 1.48 bits per heavy atom. The lowest BCUT2D eigenvalue weighted by molar-refractivity contribution is 0.151. The second-order valence-electron chi connectivity index (χ2n) is 6.50. The zero-order valence-electron chi connectivity index (χ0n) is 13.5. The minimum atomic E-state index is -0.466. The Labute approximate surface area is 128 Å². The van der Waals surface area contributed by atoms with Gasteiger partial charge >= 0.3 is 0 Å². The van der Waals surface area contributed by atoms with Crippen molar-refractivity contribution in [3.63, 3.8) is 0 Å². The van der Waals surface area contributed by atoms with E-state index in [4.69, 9.17) is 0 Å². The molecule has 0 aliphatic carbocycles. The van der Waals surface area contributed by atoms with Gasteiger partial charge in [0.15, 0.2) is 0 Å². The summed E-state index contributed by atoms with van der Waals surface area (Å²) in [5.74, 6) is 0.0937. The van der Waals surface area contributed by atoms with Crippen LogP contribution in [0.25, 0.3) is 0 Å². The van der Waals surface area contributed by atoms with E-state index in [1.54, 1.807) is 0 Å². The molecule has 0 saturated carbocycles. The predicted octanol–water partition coefficient (Wildman–Crippen LogP) is 5.21. The van der Waals surface area contributed by atoms with Crippen molar-refractivity contribution in [3.8, 4) is 0 Å². The number of aliphatic hydroxyl groups is 1. The fourth-order valence-corrected chi connectivity index (χ4v) is 2.56. The number of hydrogen-bond acceptors (Lipinski definition) is 1. The van der Waals surface area contributed by atoms with Gasteiger partial charge in [0, 0.05) is 5.92 Å². The number of hydrogen-bond donors (Lipinski definition) is 1. The third kappa shape index (κ3) is 3.54. The van der Waals surface area contributed by atoms with Crippen molar-refractivity contribution in [2.75, 3.05) is 0 Å². The summed E-state index contributed by atoms with van der Waals surface area (Å²) in [5.41, 5.74) is 3.67. The molecule has 0 spiro atoms. The van der Waals surface area contributed by atoms with Gasteiger partial charge in [0.05, 0.1) is 6.10 Å². The van der Waals surface area contributed by atoms with Crippen LogP contribution in [0.1, 0.15) is 62.8 Å². The highest BCUT2D eigenvalue weighted by Crippen LogP contribution is 2.32. The molecule has 0 radical (unpaired) electrons. The van der Waals surface area contributed by atoms with E-state index in [0.717, 1.165) is 12.0 Å². The summed E-state index contributed by atoms with van der Waals surface area (Å²) in [6.45, 7) is 8.79. The van der Waals surface area contributed by atoms with Gasteiger partial charge in [-0.05, 0) is 28.5 Å². The zero-order chi connectivity index (χ0) is 15.5. The van der Waals surface area contributed by atoms with Gasteiger partial charge in [0.1, 0.15) is 0 Å². The molecule has 0 aliphatic rings. The molecule has 2 atom stereocenters. The van der Waals surface area contributed by atoms with Crippen molar-refractivity contribution in [2.45, 2.75) is 51.6 Å². The number of rotatable bonds is 5. The van der Waals surface area contributed by atoms with Crippen molar-refractivity contribution in [1.82, 2.24) is 0 Å². The summed E-state index contributed by atoms with van der Waals surface area (Å²) in [4.78, 5) is 0. The van der Waals surface area contributed by atoms with Crippen molar-refractivity contribution in [1.29, 1.82) is 0 Å². The number of aliphatic hydroxyl groups excluding tert-OH is 1. The van der Waals surface area contributed by atoms with Gasteiger partial charge in [0.2, 0.25) is 0 Å².